The summed E-state index contributed by atoms with van der Waals surface area (Å²) in [7, 11) is 0. The summed E-state index contributed by atoms with van der Waals surface area (Å²) in [6.45, 7) is -0.164. The van der Waals surface area contributed by atoms with Gasteiger partial charge in [0.1, 0.15) is 5.75 Å². The Balaban J connectivity index is 3.36. The largest absolute Gasteiger partial charge is 0.506 e. The molecule has 0 saturated heterocycles. The molecule has 0 radical (unpaired) electrons. The van der Waals surface area contributed by atoms with Crippen molar-refractivity contribution in [2.24, 2.45) is 5.73 Å². The Morgan fingerprint density at radius 2 is 2.19 bits per heavy atom. The van der Waals surface area contributed by atoms with Gasteiger partial charge < -0.3 is 15.9 Å². The average Bonchev–Trinajstić information content (AvgIpc) is 2.16. The first kappa shape index (κ1) is 12.3. The molecule has 4 N–H and O–H groups in total. The van der Waals surface area contributed by atoms with Crippen LogP contribution in [0.4, 0.5) is 8.78 Å². The minimum absolute atomic E-state index is 0.0514. The van der Waals surface area contributed by atoms with Crippen molar-refractivity contribution in [2.75, 3.05) is 0 Å². The van der Waals surface area contributed by atoms with Crippen LogP contribution in [0, 0.1) is 0 Å². The molecular formula is C9H10F2N2O3. The summed E-state index contributed by atoms with van der Waals surface area (Å²) in [4.78, 5) is 14.1. The fourth-order valence-electron chi connectivity index (χ4n) is 1.36. The van der Waals surface area contributed by atoms with Crippen LogP contribution in [0.2, 0.25) is 0 Å². The summed E-state index contributed by atoms with van der Waals surface area (Å²) in [6.07, 6.45) is -2.77. The van der Waals surface area contributed by atoms with Crippen molar-refractivity contribution in [3.05, 3.63) is 23.0 Å². The smallest absolute Gasteiger partial charge is 0.307 e. The van der Waals surface area contributed by atoms with Gasteiger partial charge in [-0.25, -0.2) is 8.78 Å². The van der Waals surface area contributed by atoms with Crippen molar-refractivity contribution in [2.45, 2.75) is 19.4 Å². The Kier molecular flexibility index (Phi) is 3.73. The number of pyridine rings is 1. The molecule has 5 nitrogen and oxygen atoms in total. The third-order valence-electron chi connectivity index (χ3n) is 2.03. The second-order valence-electron chi connectivity index (χ2n) is 3.06. The van der Waals surface area contributed by atoms with Gasteiger partial charge in [-0.2, -0.15) is 0 Å². The van der Waals surface area contributed by atoms with Crippen molar-refractivity contribution in [3.8, 4) is 5.75 Å². The molecule has 7 heteroatoms. The highest BCUT2D eigenvalue weighted by atomic mass is 19.3. The van der Waals surface area contributed by atoms with E-state index >= 15 is 0 Å². The highest BCUT2D eigenvalue weighted by Crippen LogP contribution is 2.32. The molecule has 16 heavy (non-hydrogen) atoms. The van der Waals surface area contributed by atoms with E-state index in [1.807, 2.05) is 0 Å². The average molecular weight is 232 g/mol. The lowest BCUT2D eigenvalue weighted by molar-refractivity contribution is -0.136. The second-order valence-corrected chi connectivity index (χ2v) is 3.06. The molecule has 0 fully saturated rings. The van der Waals surface area contributed by atoms with Crippen molar-refractivity contribution < 1.29 is 23.8 Å². The molecule has 1 aromatic heterocycles. The van der Waals surface area contributed by atoms with E-state index in [2.05, 4.69) is 4.98 Å². The van der Waals surface area contributed by atoms with Crippen LogP contribution in [0.25, 0.3) is 0 Å². The third kappa shape index (κ3) is 2.43. The number of carboxylic acids is 1. The Morgan fingerprint density at radius 1 is 1.56 bits per heavy atom. The molecule has 0 bridgehead atoms. The van der Waals surface area contributed by atoms with E-state index in [0.717, 1.165) is 6.20 Å². The van der Waals surface area contributed by atoms with Gasteiger partial charge in [0.2, 0.25) is 0 Å². The highest BCUT2D eigenvalue weighted by Gasteiger charge is 2.22. The van der Waals surface area contributed by atoms with Gasteiger partial charge in [-0.1, -0.05) is 0 Å². The van der Waals surface area contributed by atoms with Crippen LogP contribution in [0.15, 0.2) is 6.20 Å². The number of aromatic hydroxyl groups is 1. The van der Waals surface area contributed by atoms with Gasteiger partial charge in [0.25, 0.3) is 6.43 Å². The molecular weight excluding hydrogens is 222 g/mol. The number of carbonyl (C=O) groups is 1. The summed E-state index contributed by atoms with van der Waals surface area (Å²) >= 11 is 0. The molecule has 0 unspecified atom stereocenters. The van der Waals surface area contributed by atoms with Gasteiger partial charge in [0, 0.05) is 6.54 Å². The number of nitrogens with zero attached hydrogens (tertiary/aromatic N) is 1. The third-order valence-corrected chi connectivity index (χ3v) is 2.03. The minimum atomic E-state index is -2.97. The van der Waals surface area contributed by atoms with Gasteiger partial charge in [-0.05, 0) is 5.56 Å². The molecule has 88 valence electrons. The minimum Gasteiger partial charge on any atom is -0.506 e. The summed E-state index contributed by atoms with van der Waals surface area (Å²) in [6, 6.07) is 0. The fraction of sp³-hybridized carbons (Fsp3) is 0.333. The quantitative estimate of drug-likeness (QED) is 0.713. The van der Waals surface area contributed by atoms with Gasteiger partial charge in [-0.15, -0.1) is 0 Å². The lowest BCUT2D eigenvalue weighted by atomic mass is 10.0. The molecule has 1 aromatic rings. The lowest BCUT2D eigenvalue weighted by Crippen LogP contribution is -2.12. The first-order chi connectivity index (χ1) is 7.47. The number of aromatic nitrogens is 1. The van der Waals surface area contributed by atoms with Crippen molar-refractivity contribution in [1.82, 2.24) is 4.98 Å². The number of hydrogen-bond acceptors (Lipinski definition) is 4. The predicted molar refractivity (Wildman–Crippen MR) is 50.1 cm³/mol. The maximum atomic E-state index is 12.6. The Bertz CT molecular complexity index is 410. The topological polar surface area (TPSA) is 96.4 Å². The fourth-order valence-corrected chi connectivity index (χ4v) is 1.36. The number of carboxylic acid groups (broad SMARTS) is 1. The second kappa shape index (κ2) is 4.84. The maximum absolute atomic E-state index is 12.6. The van der Waals surface area contributed by atoms with Crippen LogP contribution in [-0.4, -0.2) is 21.2 Å². The molecule has 1 heterocycles. The van der Waals surface area contributed by atoms with Crippen LogP contribution in [0.5, 0.6) is 5.75 Å². The van der Waals surface area contributed by atoms with Crippen LogP contribution in [0.1, 0.15) is 23.2 Å². The van der Waals surface area contributed by atoms with E-state index in [9.17, 15) is 18.7 Å². The molecule has 0 spiro atoms. The summed E-state index contributed by atoms with van der Waals surface area (Å²) in [5.41, 5.74) is 4.39. The molecule has 1 rings (SSSR count). The first-order valence-electron chi connectivity index (χ1n) is 4.37. The number of nitrogens with two attached hydrogens (primary N) is 1. The lowest BCUT2D eigenvalue weighted by Gasteiger charge is -2.12. The molecule has 0 amide bonds. The van der Waals surface area contributed by atoms with Crippen molar-refractivity contribution in [3.63, 3.8) is 0 Å². The monoisotopic (exact) mass is 232 g/mol. The maximum Gasteiger partial charge on any atom is 0.307 e. The molecule has 0 aromatic carbocycles. The van der Waals surface area contributed by atoms with E-state index in [4.69, 9.17) is 10.8 Å². The number of aliphatic carboxylic acids is 1. The zero-order valence-corrected chi connectivity index (χ0v) is 8.15. The van der Waals surface area contributed by atoms with Crippen LogP contribution >= 0.6 is 0 Å². The standard InChI is InChI=1S/C9H10F2N2O3/c10-9(11)8-4(1-7(15)16)5(2-12)13-3-6(8)14/h3,9,14H,1-2,12H2,(H,15,16). The Morgan fingerprint density at radius 3 is 2.62 bits per heavy atom. The SMILES string of the molecule is NCc1ncc(O)c(C(F)F)c1CC(=O)O. The van der Waals surface area contributed by atoms with Gasteiger partial charge in [0.05, 0.1) is 23.9 Å². The molecule has 0 atom stereocenters. The van der Waals surface area contributed by atoms with E-state index in [1.54, 1.807) is 0 Å². The van der Waals surface area contributed by atoms with E-state index in [1.165, 1.54) is 0 Å². The van der Waals surface area contributed by atoms with E-state index < -0.39 is 30.1 Å². The number of hydrogen-bond donors (Lipinski definition) is 3. The summed E-state index contributed by atoms with van der Waals surface area (Å²) < 4.78 is 25.3. The summed E-state index contributed by atoms with van der Waals surface area (Å²) in [5, 5.41) is 17.8. The van der Waals surface area contributed by atoms with Crippen molar-refractivity contribution >= 4 is 5.97 Å². The predicted octanol–water partition coefficient (Wildman–Crippen LogP) is 0.811. The zero-order chi connectivity index (χ0) is 12.3. The normalized spacial score (nSPS) is 10.8. The molecule has 0 aliphatic rings. The summed E-state index contributed by atoms with van der Waals surface area (Å²) in [5.74, 6) is -2.01. The zero-order valence-electron chi connectivity index (χ0n) is 8.15. The Labute approximate surface area is 89.5 Å². The first-order valence-corrected chi connectivity index (χ1v) is 4.37. The van der Waals surface area contributed by atoms with Crippen molar-refractivity contribution in [1.29, 1.82) is 0 Å². The molecule has 0 aliphatic carbocycles. The van der Waals surface area contributed by atoms with E-state index in [-0.39, 0.29) is 17.8 Å². The van der Waals surface area contributed by atoms with Crippen LogP contribution < -0.4 is 5.73 Å². The van der Waals surface area contributed by atoms with Crippen LogP contribution in [-0.2, 0) is 17.8 Å². The number of rotatable bonds is 4. The molecule has 0 aliphatic heterocycles. The van der Waals surface area contributed by atoms with Gasteiger partial charge in [0.15, 0.2) is 0 Å². The van der Waals surface area contributed by atoms with Crippen LogP contribution in [0.3, 0.4) is 0 Å². The van der Waals surface area contributed by atoms with E-state index in [0.29, 0.717) is 0 Å². The molecule has 0 saturated carbocycles. The highest BCUT2D eigenvalue weighted by molar-refractivity contribution is 5.71. The van der Waals surface area contributed by atoms with Gasteiger partial charge >= 0.3 is 5.97 Å². The Hall–Kier alpha value is -1.76. The number of halogens is 2. The number of alkyl halides is 2. The van der Waals surface area contributed by atoms with Gasteiger partial charge in [-0.3, -0.25) is 9.78 Å².